The Balaban J connectivity index is 2.66. The summed E-state index contributed by atoms with van der Waals surface area (Å²) in [6, 6.07) is 7.17. The summed E-state index contributed by atoms with van der Waals surface area (Å²) >= 11 is 0. The third-order valence-corrected chi connectivity index (χ3v) is 1.67. The van der Waals surface area contributed by atoms with Gasteiger partial charge in [-0.2, -0.15) is 0 Å². The number of hydrogen-bond donors (Lipinski definition) is 0. The lowest BCUT2D eigenvalue weighted by molar-refractivity contribution is -0.116. The summed E-state index contributed by atoms with van der Waals surface area (Å²) in [5, 5.41) is 0. The van der Waals surface area contributed by atoms with E-state index in [1.807, 2.05) is 12.1 Å². The maximum absolute atomic E-state index is 10.9. The van der Waals surface area contributed by atoms with Crippen molar-refractivity contribution in [3.05, 3.63) is 36.9 Å². The molecule has 3 nitrogen and oxygen atoms in total. The summed E-state index contributed by atoms with van der Waals surface area (Å²) in [6.07, 6.45) is 1.23. The third kappa shape index (κ3) is 2.62. The molecule has 0 amide bonds. The number of para-hydroxylation sites is 2. The van der Waals surface area contributed by atoms with Crippen LogP contribution < -0.4 is 9.47 Å². The van der Waals surface area contributed by atoms with Crippen molar-refractivity contribution in [2.75, 3.05) is 13.7 Å². The molecule has 0 aliphatic rings. The van der Waals surface area contributed by atoms with Crippen molar-refractivity contribution in [2.24, 2.45) is 0 Å². The van der Waals surface area contributed by atoms with Gasteiger partial charge in [0.25, 0.3) is 0 Å². The first-order valence-corrected chi connectivity index (χ1v) is 4.19. The first-order valence-electron chi connectivity index (χ1n) is 4.19. The molecule has 0 fully saturated rings. The van der Waals surface area contributed by atoms with Gasteiger partial charge < -0.3 is 9.47 Å². The molecule has 14 heavy (non-hydrogen) atoms. The zero-order valence-corrected chi connectivity index (χ0v) is 8.03. The smallest absolute Gasteiger partial charge is 0.192 e. The first kappa shape index (κ1) is 10.3. The molecule has 0 atom stereocenters. The van der Waals surface area contributed by atoms with Crippen molar-refractivity contribution in [1.82, 2.24) is 0 Å². The van der Waals surface area contributed by atoms with Gasteiger partial charge in [0.2, 0.25) is 0 Å². The van der Waals surface area contributed by atoms with Gasteiger partial charge in [0.05, 0.1) is 7.11 Å². The number of ether oxygens (including phenoxy) is 2. The fourth-order valence-electron chi connectivity index (χ4n) is 0.946. The summed E-state index contributed by atoms with van der Waals surface area (Å²) in [7, 11) is 1.55. The molecular weight excluding hydrogens is 180 g/mol. The largest absolute Gasteiger partial charge is 0.493 e. The molecule has 0 aliphatic heterocycles. The Morgan fingerprint density at radius 2 is 2.07 bits per heavy atom. The number of hydrogen-bond acceptors (Lipinski definition) is 3. The number of methoxy groups -OCH3 is 1. The van der Waals surface area contributed by atoms with E-state index in [9.17, 15) is 4.79 Å². The Morgan fingerprint density at radius 1 is 1.43 bits per heavy atom. The highest BCUT2D eigenvalue weighted by atomic mass is 16.5. The summed E-state index contributed by atoms with van der Waals surface area (Å²) in [4.78, 5) is 10.9. The lowest BCUT2D eigenvalue weighted by Gasteiger charge is -2.08. The molecule has 0 radical (unpaired) electrons. The minimum atomic E-state index is -0.157. The highest BCUT2D eigenvalue weighted by molar-refractivity contribution is 5.90. The molecule has 0 spiro atoms. The van der Waals surface area contributed by atoms with Crippen molar-refractivity contribution in [2.45, 2.75) is 0 Å². The molecule has 0 bridgehead atoms. The fraction of sp³-hybridized carbons (Fsp3) is 0.182. The Kier molecular flexibility index (Phi) is 3.73. The lowest BCUT2D eigenvalue weighted by Crippen LogP contribution is -2.08. The number of rotatable bonds is 5. The molecule has 1 rings (SSSR count). The van der Waals surface area contributed by atoms with E-state index < -0.39 is 0 Å². The Morgan fingerprint density at radius 3 is 2.64 bits per heavy atom. The van der Waals surface area contributed by atoms with E-state index in [4.69, 9.17) is 9.47 Å². The van der Waals surface area contributed by atoms with Crippen LogP contribution >= 0.6 is 0 Å². The molecule has 0 aliphatic carbocycles. The molecule has 74 valence electrons. The zero-order chi connectivity index (χ0) is 10.4. The van der Waals surface area contributed by atoms with E-state index in [0.29, 0.717) is 11.5 Å². The standard InChI is InChI=1S/C11H12O3/c1-3-9(12)8-14-11-7-5-4-6-10(11)13-2/h3-7H,1,8H2,2H3. The third-order valence-electron chi connectivity index (χ3n) is 1.67. The number of ketones is 1. The van der Waals surface area contributed by atoms with Gasteiger partial charge in [0, 0.05) is 0 Å². The maximum Gasteiger partial charge on any atom is 0.192 e. The number of carbonyl (C=O) groups excluding carboxylic acids is 1. The average Bonchev–Trinajstić information content (AvgIpc) is 2.26. The second kappa shape index (κ2) is 5.07. The van der Waals surface area contributed by atoms with Crippen LogP contribution in [0.1, 0.15) is 0 Å². The highest BCUT2D eigenvalue weighted by Crippen LogP contribution is 2.25. The van der Waals surface area contributed by atoms with Crippen molar-refractivity contribution >= 4 is 5.78 Å². The van der Waals surface area contributed by atoms with E-state index in [1.165, 1.54) is 6.08 Å². The summed E-state index contributed by atoms with van der Waals surface area (Å²) in [6.45, 7) is 3.34. The minimum absolute atomic E-state index is 0.0100. The molecule has 3 heteroatoms. The van der Waals surface area contributed by atoms with Crippen LogP contribution in [-0.2, 0) is 4.79 Å². The van der Waals surface area contributed by atoms with Crippen LogP contribution in [-0.4, -0.2) is 19.5 Å². The monoisotopic (exact) mass is 192 g/mol. The quantitative estimate of drug-likeness (QED) is 0.667. The zero-order valence-electron chi connectivity index (χ0n) is 8.03. The summed E-state index contributed by atoms with van der Waals surface area (Å²) < 4.78 is 10.3. The Bertz CT molecular complexity index is 331. The molecular formula is C11H12O3. The second-order valence-corrected chi connectivity index (χ2v) is 2.61. The molecule has 0 saturated carbocycles. The van der Waals surface area contributed by atoms with E-state index >= 15 is 0 Å². The molecule has 0 N–H and O–H groups in total. The van der Waals surface area contributed by atoms with Crippen LogP contribution in [0.2, 0.25) is 0 Å². The minimum Gasteiger partial charge on any atom is -0.493 e. The first-order chi connectivity index (χ1) is 6.77. The topological polar surface area (TPSA) is 35.5 Å². The highest BCUT2D eigenvalue weighted by Gasteiger charge is 2.03. The van der Waals surface area contributed by atoms with Gasteiger partial charge in [0.15, 0.2) is 23.9 Å². The average molecular weight is 192 g/mol. The summed E-state index contributed by atoms with van der Waals surface area (Å²) in [5.41, 5.74) is 0. The van der Waals surface area contributed by atoms with Gasteiger partial charge in [-0.15, -0.1) is 0 Å². The van der Waals surface area contributed by atoms with Crippen molar-refractivity contribution in [3.63, 3.8) is 0 Å². The van der Waals surface area contributed by atoms with Crippen molar-refractivity contribution in [1.29, 1.82) is 0 Å². The Labute approximate surface area is 83.0 Å². The molecule has 0 heterocycles. The second-order valence-electron chi connectivity index (χ2n) is 2.61. The maximum atomic E-state index is 10.9. The van der Waals surface area contributed by atoms with Gasteiger partial charge in [-0.3, -0.25) is 4.79 Å². The van der Waals surface area contributed by atoms with Crippen LogP contribution in [0.3, 0.4) is 0 Å². The van der Waals surface area contributed by atoms with Crippen LogP contribution in [0.5, 0.6) is 11.5 Å². The lowest BCUT2D eigenvalue weighted by atomic mass is 10.3. The van der Waals surface area contributed by atoms with E-state index in [-0.39, 0.29) is 12.4 Å². The molecule has 0 unspecified atom stereocenters. The molecule has 0 saturated heterocycles. The van der Waals surface area contributed by atoms with Gasteiger partial charge in [-0.25, -0.2) is 0 Å². The van der Waals surface area contributed by atoms with Crippen molar-refractivity contribution in [3.8, 4) is 11.5 Å². The van der Waals surface area contributed by atoms with Crippen LogP contribution in [0.15, 0.2) is 36.9 Å². The SMILES string of the molecule is C=CC(=O)COc1ccccc1OC. The predicted octanol–water partition coefficient (Wildman–Crippen LogP) is 1.83. The van der Waals surface area contributed by atoms with Crippen LogP contribution in [0.25, 0.3) is 0 Å². The van der Waals surface area contributed by atoms with E-state index in [2.05, 4.69) is 6.58 Å². The summed E-state index contributed by atoms with van der Waals surface area (Å²) in [5.74, 6) is 1.02. The van der Waals surface area contributed by atoms with Gasteiger partial charge >= 0.3 is 0 Å². The number of benzene rings is 1. The van der Waals surface area contributed by atoms with Crippen LogP contribution in [0.4, 0.5) is 0 Å². The Hall–Kier alpha value is -1.77. The molecule has 1 aromatic carbocycles. The normalized spacial score (nSPS) is 9.21. The van der Waals surface area contributed by atoms with Gasteiger partial charge in [0.1, 0.15) is 0 Å². The fourth-order valence-corrected chi connectivity index (χ4v) is 0.946. The predicted molar refractivity (Wildman–Crippen MR) is 53.7 cm³/mol. The molecule has 0 aromatic heterocycles. The number of carbonyl (C=O) groups is 1. The van der Waals surface area contributed by atoms with Crippen LogP contribution in [0, 0.1) is 0 Å². The van der Waals surface area contributed by atoms with Gasteiger partial charge in [-0.05, 0) is 18.2 Å². The molecule has 1 aromatic rings. The van der Waals surface area contributed by atoms with E-state index in [1.54, 1.807) is 19.2 Å². The van der Waals surface area contributed by atoms with Gasteiger partial charge in [-0.1, -0.05) is 18.7 Å². The van der Waals surface area contributed by atoms with E-state index in [0.717, 1.165) is 0 Å². The van der Waals surface area contributed by atoms with Crippen molar-refractivity contribution < 1.29 is 14.3 Å².